The van der Waals surface area contributed by atoms with Crippen LogP contribution in [0.1, 0.15) is 102 Å². The molecule has 0 radical (unpaired) electrons. The Labute approximate surface area is 175 Å². The Morgan fingerprint density at radius 1 is 0.615 bits per heavy atom. The summed E-state index contributed by atoms with van der Waals surface area (Å²) in [6.07, 6.45) is 21.4. The Kier molecular flexibility index (Phi) is 17.5. The first-order valence-corrected chi connectivity index (χ1v) is 18.1. The Morgan fingerprint density at radius 3 is 1.58 bits per heavy atom. The standard InChI is InChI=1S/C16H33.C8H9.ClH.Sb/c1-3-5-7-9-11-13-15-16-14-12-10-8-6-4-2;1-2-8-6-4-3-5-7-8;;/h1,3-16H2,2H3;3-7H,1-2H2;1H;/q;;;+1/p-1. The summed E-state index contributed by atoms with van der Waals surface area (Å²) in [5.74, 6) is 0. The van der Waals surface area contributed by atoms with E-state index in [-0.39, 0.29) is 0 Å². The van der Waals surface area contributed by atoms with Crippen LogP contribution in [0.15, 0.2) is 30.3 Å². The van der Waals surface area contributed by atoms with Crippen LogP contribution < -0.4 is 0 Å². The predicted octanol–water partition coefficient (Wildman–Crippen LogP) is 8.94. The topological polar surface area (TPSA) is 0 Å². The quantitative estimate of drug-likeness (QED) is 0.143. The third-order valence-electron chi connectivity index (χ3n) is 5.24. The second-order valence-electron chi connectivity index (χ2n) is 7.74. The number of hydrogen-bond donors (Lipinski definition) is 0. The van der Waals surface area contributed by atoms with Gasteiger partial charge in [0.25, 0.3) is 0 Å². The molecular weight excluding hydrogens is 445 g/mol. The van der Waals surface area contributed by atoms with Gasteiger partial charge in [-0.3, -0.25) is 0 Å². The molecule has 0 unspecified atom stereocenters. The zero-order valence-corrected chi connectivity index (χ0v) is 20.5. The van der Waals surface area contributed by atoms with Crippen LogP contribution in [0, 0.1) is 0 Å². The van der Waals surface area contributed by atoms with E-state index in [1.807, 2.05) is 0 Å². The van der Waals surface area contributed by atoms with Gasteiger partial charge in [0.2, 0.25) is 0 Å². The van der Waals surface area contributed by atoms with Gasteiger partial charge in [-0.25, -0.2) is 0 Å². The van der Waals surface area contributed by atoms with E-state index in [1.54, 1.807) is 0 Å². The number of rotatable bonds is 18. The molecule has 0 heterocycles. The molecule has 1 rings (SSSR count). The summed E-state index contributed by atoms with van der Waals surface area (Å²) in [4.78, 5) is 0. The molecule has 0 nitrogen and oxygen atoms in total. The van der Waals surface area contributed by atoms with Crippen molar-refractivity contribution >= 4 is 27.9 Å². The molecule has 0 N–H and O–H groups in total. The van der Waals surface area contributed by atoms with Crippen molar-refractivity contribution < 1.29 is 0 Å². The first-order valence-electron chi connectivity index (χ1n) is 11.3. The Hall–Kier alpha value is 0.328. The first kappa shape index (κ1) is 24.4. The van der Waals surface area contributed by atoms with Crippen LogP contribution in [0.3, 0.4) is 0 Å². The summed E-state index contributed by atoms with van der Waals surface area (Å²) in [5.41, 5.74) is 1.46. The number of unbranched alkanes of at least 4 members (excludes halogenated alkanes) is 13. The molecule has 1 aromatic rings. The Morgan fingerprint density at radius 2 is 1.08 bits per heavy atom. The average molecular weight is 488 g/mol. The first-order chi connectivity index (χ1) is 12.8. The molecule has 0 aliphatic rings. The molecule has 150 valence electrons. The molecule has 1 aromatic carbocycles. The van der Waals surface area contributed by atoms with Crippen LogP contribution >= 0.6 is 8.83 Å². The van der Waals surface area contributed by atoms with Crippen molar-refractivity contribution in [1.82, 2.24) is 0 Å². The van der Waals surface area contributed by atoms with E-state index in [0.29, 0.717) is 0 Å². The Balaban J connectivity index is 1.77. The van der Waals surface area contributed by atoms with Crippen molar-refractivity contribution in [2.75, 3.05) is 0 Å². The predicted molar refractivity (Wildman–Crippen MR) is 122 cm³/mol. The monoisotopic (exact) mass is 486 g/mol. The molecule has 0 saturated carbocycles. The molecule has 0 atom stereocenters. The van der Waals surface area contributed by atoms with Crippen LogP contribution in [0.4, 0.5) is 0 Å². The van der Waals surface area contributed by atoms with Gasteiger partial charge >= 0.3 is 150 Å². The van der Waals surface area contributed by atoms with Gasteiger partial charge in [0.1, 0.15) is 0 Å². The SMILES string of the molecule is CCCCCCCCCCCCCCC[CH2][Sb]([Cl])[CH2]Cc1ccccc1. The molecule has 0 spiro atoms. The van der Waals surface area contributed by atoms with Crippen molar-refractivity contribution in [2.45, 2.75) is 112 Å². The van der Waals surface area contributed by atoms with Crippen molar-refractivity contribution in [2.24, 2.45) is 0 Å². The third-order valence-corrected chi connectivity index (χ3v) is 11.8. The van der Waals surface area contributed by atoms with Crippen molar-refractivity contribution in [3.05, 3.63) is 35.9 Å². The van der Waals surface area contributed by atoms with E-state index in [1.165, 1.54) is 111 Å². The molecule has 0 amide bonds. The van der Waals surface area contributed by atoms with Gasteiger partial charge in [0.05, 0.1) is 0 Å². The summed E-state index contributed by atoms with van der Waals surface area (Å²) in [6, 6.07) is 10.8. The summed E-state index contributed by atoms with van der Waals surface area (Å²) in [7, 11) is 6.66. The molecule has 0 bridgehead atoms. The normalized spacial score (nSPS) is 11.3. The number of aryl methyl sites for hydroxylation is 1. The molecular formula is C24H42ClSb. The van der Waals surface area contributed by atoms with Gasteiger partial charge in [0, 0.05) is 0 Å². The molecule has 0 aromatic heterocycles. The van der Waals surface area contributed by atoms with E-state index in [2.05, 4.69) is 37.3 Å². The fraction of sp³-hybridized carbons (Fsp3) is 0.750. The molecule has 0 fully saturated rings. The number of halogens is 1. The summed E-state index contributed by atoms with van der Waals surface area (Å²) in [5, 5.41) is 0. The van der Waals surface area contributed by atoms with E-state index < -0.39 is 19.1 Å². The maximum atomic E-state index is 6.66. The molecule has 0 saturated heterocycles. The van der Waals surface area contributed by atoms with E-state index >= 15 is 0 Å². The number of hydrogen-bond acceptors (Lipinski definition) is 0. The number of benzene rings is 1. The van der Waals surface area contributed by atoms with Crippen LogP contribution in [-0.2, 0) is 6.42 Å². The van der Waals surface area contributed by atoms with Crippen molar-refractivity contribution in [1.29, 1.82) is 0 Å². The minimum absolute atomic E-state index is 1.20. The second-order valence-corrected chi connectivity index (χ2v) is 16.1. The molecule has 0 aliphatic heterocycles. The van der Waals surface area contributed by atoms with Gasteiger partial charge in [-0.05, 0) is 0 Å². The van der Waals surface area contributed by atoms with Crippen LogP contribution in [0.5, 0.6) is 0 Å². The van der Waals surface area contributed by atoms with Gasteiger partial charge in [-0.1, -0.05) is 26.2 Å². The van der Waals surface area contributed by atoms with Crippen LogP contribution in [0.25, 0.3) is 0 Å². The maximum absolute atomic E-state index is 6.66. The molecule has 0 aliphatic carbocycles. The Bertz CT molecular complexity index is 392. The van der Waals surface area contributed by atoms with Crippen molar-refractivity contribution in [3.63, 3.8) is 0 Å². The minimum atomic E-state index is -1.42. The zero-order valence-electron chi connectivity index (χ0n) is 17.2. The molecule has 2 heteroatoms. The van der Waals surface area contributed by atoms with Gasteiger partial charge in [-0.15, -0.1) is 0 Å². The van der Waals surface area contributed by atoms with Gasteiger partial charge < -0.3 is 0 Å². The van der Waals surface area contributed by atoms with E-state index in [9.17, 15) is 0 Å². The third kappa shape index (κ3) is 15.4. The zero-order chi connectivity index (χ0) is 18.7. The van der Waals surface area contributed by atoms with Crippen LogP contribution in [-0.4, -0.2) is 19.1 Å². The second kappa shape index (κ2) is 18.7. The average Bonchev–Trinajstić information content (AvgIpc) is 2.67. The molecule has 26 heavy (non-hydrogen) atoms. The van der Waals surface area contributed by atoms with Gasteiger partial charge in [-0.2, -0.15) is 0 Å². The fourth-order valence-electron chi connectivity index (χ4n) is 3.48. The van der Waals surface area contributed by atoms with E-state index in [0.717, 1.165) is 0 Å². The van der Waals surface area contributed by atoms with Gasteiger partial charge in [0.15, 0.2) is 0 Å². The van der Waals surface area contributed by atoms with E-state index in [4.69, 9.17) is 8.83 Å². The summed E-state index contributed by atoms with van der Waals surface area (Å²) >= 11 is -1.42. The van der Waals surface area contributed by atoms with Crippen molar-refractivity contribution in [3.8, 4) is 0 Å². The fourth-order valence-corrected chi connectivity index (χ4v) is 8.54. The van der Waals surface area contributed by atoms with Crippen LogP contribution in [0.2, 0.25) is 8.73 Å². The summed E-state index contributed by atoms with van der Waals surface area (Å²) < 4.78 is 2.67. The summed E-state index contributed by atoms with van der Waals surface area (Å²) in [6.45, 7) is 2.29.